The van der Waals surface area contributed by atoms with Gasteiger partial charge in [0.2, 0.25) is 5.91 Å². The Kier molecular flexibility index (Phi) is 1.81. The Morgan fingerprint density at radius 1 is 1.50 bits per heavy atom. The quantitative estimate of drug-likeness (QED) is 0.569. The van der Waals surface area contributed by atoms with Crippen molar-refractivity contribution >= 4 is 5.91 Å². The fourth-order valence-corrected chi connectivity index (χ4v) is 2.03. The topological polar surface area (TPSA) is 64.4 Å². The Hall–Kier alpha value is -0.610. The fraction of sp³-hybridized carbons (Fsp3) is 0.875. The van der Waals surface area contributed by atoms with Crippen LogP contribution in [0.1, 0.15) is 25.7 Å². The summed E-state index contributed by atoms with van der Waals surface area (Å²) in [6.07, 6.45) is 4.38. The van der Waals surface area contributed by atoms with E-state index in [1.807, 2.05) is 0 Å². The second-order valence-corrected chi connectivity index (χ2v) is 3.61. The standard InChI is InChI=1S/C8H14N2O2/c9-7(11)6-5-12-8(10-6)3-1-2-4-8/h6,10H,1-5H2,(H2,9,11). The fourth-order valence-electron chi connectivity index (χ4n) is 2.03. The maximum absolute atomic E-state index is 10.8. The Balaban J connectivity index is 2.01. The zero-order chi connectivity index (χ0) is 8.60. The van der Waals surface area contributed by atoms with Gasteiger partial charge >= 0.3 is 0 Å². The molecule has 4 nitrogen and oxygen atoms in total. The van der Waals surface area contributed by atoms with Crippen LogP contribution in [0.4, 0.5) is 0 Å². The lowest BCUT2D eigenvalue weighted by Gasteiger charge is -2.22. The van der Waals surface area contributed by atoms with Crippen LogP contribution in [0.3, 0.4) is 0 Å². The van der Waals surface area contributed by atoms with Crippen LogP contribution in [0.15, 0.2) is 0 Å². The number of nitrogens with two attached hydrogens (primary N) is 1. The van der Waals surface area contributed by atoms with Crippen molar-refractivity contribution in [1.82, 2.24) is 5.32 Å². The van der Waals surface area contributed by atoms with Gasteiger partial charge in [0, 0.05) is 0 Å². The number of ether oxygens (including phenoxy) is 1. The first kappa shape index (κ1) is 8.01. The van der Waals surface area contributed by atoms with Gasteiger partial charge in [0.15, 0.2) is 0 Å². The van der Waals surface area contributed by atoms with E-state index in [0.717, 1.165) is 12.8 Å². The lowest BCUT2D eigenvalue weighted by atomic mass is 10.2. The Labute approximate surface area is 71.4 Å². The van der Waals surface area contributed by atoms with Crippen LogP contribution >= 0.6 is 0 Å². The summed E-state index contributed by atoms with van der Waals surface area (Å²) in [7, 11) is 0. The van der Waals surface area contributed by atoms with E-state index in [-0.39, 0.29) is 17.7 Å². The van der Waals surface area contributed by atoms with Crippen molar-refractivity contribution in [1.29, 1.82) is 0 Å². The van der Waals surface area contributed by atoms with E-state index < -0.39 is 0 Å². The summed E-state index contributed by atoms with van der Waals surface area (Å²) in [4.78, 5) is 10.8. The van der Waals surface area contributed by atoms with Crippen LogP contribution in [0.2, 0.25) is 0 Å². The molecule has 2 aliphatic rings. The third-order valence-corrected chi connectivity index (χ3v) is 2.72. The van der Waals surface area contributed by atoms with E-state index in [4.69, 9.17) is 10.5 Å². The van der Waals surface area contributed by atoms with Crippen molar-refractivity contribution in [3.8, 4) is 0 Å². The van der Waals surface area contributed by atoms with Crippen LogP contribution in [0.5, 0.6) is 0 Å². The average molecular weight is 170 g/mol. The van der Waals surface area contributed by atoms with E-state index in [2.05, 4.69) is 5.32 Å². The predicted octanol–water partition coefficient (Wildman–Crippen LogP) is -0.270. The number of hydrogen-bond acceptors (Lipinski definition) is 3. The molecule has 3 N–H and O–H groups in total. The van der Waals surface area contributed by atoms with Crippen molar-refractivity contribution in [2.24, 2.45) is 5.73 Å². The molecule has 0 aromatic carbocycles. The lowest BCUT2D eigenvalue weighted by Crippen LogP contribution is -2.46. The monoisotopic (exact) mass is 170 g/mol. The van der Waals surface area contributed by atoms with E-state index in [1.54, 1.807) is 0 Å². The molecular formula is C8H14N2O2. The summed E-state index contributed by atoms with van der Waals surface area (Å²) < 4.78 is 5.56. The molecule has 0 aromatic heterocycles. The van der Waals surface area contributed by atoms with Gasteiger partial charge in [-0.1, -0.05) is 0 Å². The minimum Gasteiger partial charge on any atom is -0.368 e. The number of carbonyl (C=O) groups is 1. The van der Waals surface area contributed by atoms with E-state index in [0.29, 0.717) is 6.61 Å². The second kappa shape index (κ2) is 2.71. The van der Waals surface area contributed by atoms with Crippen LogP contribution in [-0.2, 0) is 9.53 Å². The van der Waals surface area contributed by atoms with Crippen molar-refractivity contribution in [3.05, 3.63) is 0 Å². The van der Waals surface area contributed by atoms with E-state index >= 15 is 0 Å². The molecule has 68 valence electrons. The number of rotatable bonds is 1. The first-order valence-electron chi connectivity index (χ1n) is 4.43. The van der Waals surface area contributed by atoms with Crippen molar-refractivity contribution in [2.75, 3.05) is 6.61 Å². The SMILES string of the molecule is NC(=O)C1COC2(CCCC2)N1. The molecule has 1 spiro atoms. The molecule has 4 heteroatoms. The zero-order valence-electron chi connectivity index (χ0n) is 7.01. The molecule has 1 heterocycles. The molecule has 1 amide bonds. The number of nitrogens with one attached hydrogen (secondary N) is 1. The molecule has 0 aromatic rings. The van der Waals surface area contributed by atoms with Gasteiger partial charge in [0.1, 0.15) is 11.8 Å². The van der Waals surface area contributed by atoms with Gasteiger partial charge in [-0.15, -0.1) is 0 Å². The molecule has 1 saturated carbocycles. The molecule has 1 aliphatic heterocycles. The normalized spacial score (nSPS) is 32.8. The highest BCUT2D eigenvalue weighted by Gasteiger charge is 2.43. The molecule has 12 heavy (non-hydrogen) atoms. The minimum atomic E-state index is -0.307. The van der Waals surface area contributed by atoms with Gasteiger partial charge in [0.05, 0.1) is 6.61 Å². The molecule has 2 fully saturated rings. The smallest absolute Gasteiger partial charge is 0.237 e. The van der Waals surface area contributed by atoms with Gasteiger partial charge in [0.25, 0.3) is 0 Å². The third kappa shape index (κ3) is 1.21. The summed E-state index contributed by atoms with van der Waals surface area (Å²) in [6.45, 7) is 0.440. The molecular weight excluding hydrogens is 156 g/mol. The lowest BCUT2D eigenvalue weighted by molar-refractivity contribution is -0.119. The van der Waals surface area contributed by atoms with Gasteiger partial charge in [-0.25, -0.2) is 0 Å². The first-order valence-corrected chi connectivity index (χ1v) is 4.43. The van der Waals surface area contributed by atoms with Gasteiger partial charge in [-0.2, -0.15) is 0 Å². The molecule has 1 unspecified atom stereocenters. The van der Waals surface area contributed by atoms with E-state index in [9.17, 15) is 4.79 Å². The Bertz CT molecular complexity index is 199. The van der Waals surface area contributed by atoms with Crippen LogP contribution < -0.4 is 11.1 Å². The molecule has 0 radical (unpaired) electrons. The van der Waals surface area contributed by atoms with Gasteiger partial charge < -0.3 is 10.5 Å². The zero-order valence-corrected chi connectivity index (χ0v) is 7.01. The largest absolute Gasteiger partial charge is 0.368 e. The number of carbonyl (C=O) groups excluding carboxylic acids is 1. The summed E-state index contributed by atoms with van der Waals surface area (Å²) in [5, 5.41) is 3.17. The van der Waals surface area contributed by atoms with Crippen molar-refractivity contribution < 1.29 is 9.53 Å². The van der Waals surface area contributed by atoms with Crippen LogP contribution in [0, 0.1) is 0 Å². The van der Waals surface area contributed by atoms with Gasteiger partial charge in [-0.3, -0.25) is 10.1 Å². The highest BCUT2D eigenvalue weighted by Crippen LogP contribution is 2.34. The Morgan fingerprint density at radius 3 is 2.67 bits per heavy atom. The minimum absolute atomic E-state index is 0.209. The summed E-state index contributed by atoms with van der Waals surface area (Å²) in [5.74, 6) is -0.307. The first-order chi connectivity index (χ1) is 5.72. The molecule has 0 bridgehead atoms. The summed E-state index contributed by atoms with van der Waals surface area (Å²) >= 11 is 0. The predicted molar refractivity (Wildman–Crippen MR) is 43.3 cm³/mol. The maximum Gasteiger partial charge on any atom is 0.237 e. The summed E-state index contributed by atoms with van der Waals surface area (Å²) in [5.41, 5.74) is 4.96. The Morgan fingerprint density at radius 2 is 2.17 bits per heavy atom. The average Bonchev–Trinajstić information content (AvgIpc) is 2.62. The molecule has 2 rings (SSSR count). The highest BCUT2D eigenvalue weighted by atomic mass is 16.5. The number of primary amides is 1. The molecule has 1 saturated heterocycles. The van der Waals surface area contributed by atoms with Crippen molar-refractivity contribution in [3.63, 3.8) is 0 Å². The maximum atomic E-state index is 10.8. The highest BCUT2D eigenvalue weighted by molar-refractivity contribution is 5.80. The molecule has 1 aliphatic carbocycles. The third-order valence-electron chi connectivity index (χ3n) is 2.72. The molecule has 1 atom stereocenters. The van der Waals surface area contributed by atoms with Gasteiger partial charge in [-0.05, 0) is 25.7 Å². The number of hydrogen-bond donors (Lipinski definition) is 2. The van der Waals surface area contributed by atoms with Crippen LogP contribution in [0.25, 0.3) is 0 Å². The van der Waals surface area contributed by atoms with Crippen LogP contribution in [-0.4, -0.2) is 24.3 Å². The number of amides is 1. The van der Waals surface area contributed by atoms with E-state index in [1.165, 1.54) is 12.8 Å². The van der Waals surface area contributed by atoms with Crippen molar-refractivity contribution in [2.45, 2.75) is 37.5 Å². The summed E-state index contributed by atoms with van der Waals surface area (Å²) in [6, 6.07) is -0.275. The second-order valence-electron chi connectivity index (χ2n) is 3.61.